The topological polar surface area (TPSA) is 63.2 Å². The third kappa shape index (κ3) is 2.10. The molecule has 4 nitrogen and oxygen atoms in total. The Morgan fingerprint density at radius 2 is 1.60 bits per heavy atom. The standard InChI is InChI=1S/C15H13NO3S/c17-15-10-14(11-6-2-1-3-7-11)20(18,19)13-9-5-4-8-12(13)16-15/h1-9,14H,10H2,(H,16,17)/t14-/m0/s1. The molecule has 1 aliphatic rings. The number of benzene rings is 2. The first-order valence-corrected chi connectivity index (χ1v) is 7.81. The van der Waals surface area contributed by atoms with E-state index in [1.165, 1.54) is 6.07 Å². The van der Waals surface area contributed by atoms with Gasteiger partial charge in [0.2, 0.25) is 5.91 Å². The van der Waals surface area contributed by atoms with Gasteiger partial charge >= 0.3 is 0 Å². The summed E-state index contributed by atoms with van der Waals surface area (Å²) in [5.41, 5.74) is 0.996. The van der Waals surface area contributed by atoms with E-state index in [-0.39, 0.29) is 17.2 Å². The van der Waals surface area contributed by atoms with E-state index in [2.05, 4.69) is 5.32 Å². The number of fused-ring (bicyclic) bond motifs is 1. The lowest BCUT2D eigenvalue weighted by molar-refractivity contribution is -0.116. The van der Waals surface area contributed by atoms with Crippen LogP contribution in [0.25, 0.3) is 0 Å². The molecule has 1 heterocycles. The Morgan fingerprint density at radius 3 is 2.35 bits per heavy atom. The van der Waals surface area contributed by atoms with Gasteiger partial charge in [-0.3, -0.25) is 4.79 Å². The van der Waals surface area contributed by atoms with Gasteiger partial charge in [0.15, 0.2) is 9.84 Å². The molecule has 1 N–H and O–H groups in total. The van der Waals surface area contributed by atoms with E-state index in [0.717, 1.165) is 0 Å². The average Bonchev–Trinajstić information content (AvgIpc) is 2.55. The zero-order valence-electron chi connectivity index (χ0n) is 10.6. The second-order valence-electron chi connectivity index (χ2n) is 4.69. The van der Waals surface area contributed by atoms with E-state index in [1.54, 1.807) is 42.5 Å². The van der Waals surface area contributed by atoms with Crippen molar-refractivity contribution in [1.82, 2.24) is 0 Å². The van der Waals surface area contributed by atoms with Crippen molar-refractivity contribution in [2.45, 2.75) is 16.6 Å². The molecule has 1 atom stereocenters. The lowest BCUT2D eigenvalue weighted by Gasteiger charge is -2.14. The zero-order valence-corrected chi connectivity index (χ0v) is 11.4. The average molecular weight is 287 g/mol. The molecule has 1 aliphatic heterocycles. The molecule has 0 radical (unpaired) electrons. The van der Waals surface area contributed by atoms with Crippen LogP contribution >= 0.6 is 0 Å². The van der Waals surface area contributed by atoms with Gasteiger partial charge in [0.1, 0.15) is 0 Å². The van der Waals surface area contributed by atoms with Gasteiger partial charge in [0.25, 0.3) is 0 Å². The highest BCUT2D eigenvalue weighted by molar-refractivity contribution is 7.92. The van der Waals surface area contributed by atoms with E-state index in [4.69, 9.17) is 0 Å². The van der Waals surface area contributed by atoms with Gasteiger partial charge in [-0.25, -0.2) is 8.42 Å². The van der Waals surface area contributed by atoms with E-state index >= 15 is 0 Å². The van der Waals surface area contributed by atoms with Crippen LogP contribution in [0, 0.1) is 0 Å². The van der Waals surface area contributed by atoms with Gasteiger partial charge in [-0.05, 0) is 17.7 Å². The normalized spacial score (nSPS) is 20.6. The van der Waals surface area contributed by atoms with Crippen LogP contribution in [-0.4, -0.2) is 14.3 Å². The molecule has 0 spiro atoms. The van der Waals surface area contributed by atoms with Crippen molar-refractivity contribution >= 4 is 21.4 Å². The fourth-order valence-corrected chi connectivity index (χ4v) is 4.30. The van der Waals surface area contributed by atoms with Crippen molar-refractivity contribution in [2.75, 3.05) is 5.32 Å². The largest absolute Gasteiger partial charge is 0.325 e. The summed E-state index contributed by atoms with van der Waals surface area (Å²) < 4.78 is 25.6. The van der Waals surface area contributed by atoms with Crippen molar-refractivity contribution in [1.29, 1.82) is 0 Å². The van der Waals surface area contributed by atoms with Gasteiger partial charge in [0.05, 0.1) is 15.8 Å². The second kappa shape index (κ2) is 4.76. The Labute approximate surface area is 117 Å². The minimum absolute atomic E-state index is 0.0684. The summed E-state index contributed by atoms with van der Waals surface area (Å²) in [6, 6.07) is 15.4. The van der Waals surface area contributed by atoms with Crippen LogP contribution in [0.2, 0.25) is 0 Å². The minimum atomic E-state index is -3.59. The molecule has 3 rings (SSSR count). The first-order chi connectivity index (χ1) is 9.59. The number of carbonyl (C=O) groups excluding carboxylic acids is 1. The number of para-hydroxylation sites is 1. The molecule has 5 heteroatoms. The van der Waals surface area contributed by atoms with Crippen molar-refractivity contribution in [3.63, 3.8) is 0 Å². The summed E-state index contributed by atoms with van der Waals surface area (Å²) in [7, 11) is -3.59. The second-order valence-corrected chi connectivity index (χ2v) is 6.79. The molecule has 0 aliphatic carbocycles. The van der Waals surface area contributed by atoms with Crippen LogP contribution in [0.1, 0.15) is 17.2 Å². The summed E-state index contributed by atoms with van der Waals surface area (Å²) >= 11 is 0. The molecule has 0 unspecified atom stereocenters. The summed E-state index contributed by atoms with van der Waals surface area (Å²) in [6.45, 7) is 0. The summed E-state index contributed by atoms with van der Waals surface area (Å²) in [5, 5.41) is 1.82. The quantitative estimate of drug-likeness (QED) is 0.876. The van der Waals surface area contributed by atoms with Gasteiger partial charge in [-0.2, -0.15) is 0 Å². The first kappa shape index (κ1) is 12.9. The molecule has 0 saturated heterocycles. The monoisotopic (exact) mass is 287 g/mol. The number of anilines is 1. The fourth-order valence-electron chi connectivity index (χ4n) is 2.42. The number of amides is 1. The molecular weight excluding hydrogens is 274 g/mol. The van der Waals surface area contributed by atoms with Crippen LogP contribution < -0.4 is 5.32 Å². The molecule has 102 valence electrons. The summed E-state index contributed by atoms with van der Waals surface area (Å²) in [5.74, 6) is -0.285. The maximum absolute atomic E-state index is 12.8. The Hall–Kier alpha value is -2.14. The predicted octanol–water partition coefficient (Wildman–Crippen LogP) is 2.54. The molecular formula is C15H13NO3S. The SMILES string of the molecule is O=C1C[C@@H](c2ccccc2)S(=O)(=O)c2ccccc2N1. The van der Waals surface area contributed by atoms with Crippen LogP contribution in [0.5, 0.6) is 0 Å². The van der Waals surface area contributed by atoms with Crippen LogP contribution in [0.4, 0.5) is 5.69 Å². The third-order valence-corrected chi connectivity index (χ3v) is 5.54. The van der Waals surface area contributed by atoms with Gasteiger partial charge < -0.3 is 5.32 Å². The van der Waals surface area contributed by atoms with Crippen LogP contribution in [0.3, 0.4) is 0 Å². The van der Waals surface area contributed by atoms with E-state index in [9.17, 15) is 13.2 Å². The maximum Gasteiger partial charge on any atom is 0.226 e. The molecule has 2 aromatic carbocycles. The lowest BCUT2D eigenvalue weighted by atomic mass is 10.1. The number of nitrogens with one attached hydrogen (secondary N) is 1. The fraction of sp³-hybridized carbons (Fsp3) is 0.133. The zero-order chi connectivity index (χ0) is 14.2. The number of hydrogen-bond acceptors (Lipinski definition) is 3. The van der Waals surface area contributed by atoms with Gasteiger partial charge in [-0.15, -0.1) is 0 Å². The Balaban J connectivity index is 2.20. The molecule has 1 amide bonds. The van der Waals surface area contributed by atoms with Gasteiger partial charge in [-0.1, -0.05) is 42.5 Å². The van der Waals surface area contributed by atoms with Crippen LogP contribution in [-0.2, 0) is 14.6 Å². The smallest absolute Gasteiger partial charge is 0.226 e. The van der Waals surface area contributed by atoms with Crippen molar-refractivity contribution < 1.29 is 13.2 Å². The first-order valence-electron chi connectivity index (χ1n) is 6.27. The van der Waals surface area contributed by atoms with Crippen molar-refractivity contribution in [3.05, 3.63) is 60.2 Å². The summed E-state index contributed by atoms with van der Waals surface area (Å²) in [4.78, 5) is 12.1. The molecule has 20 heavy (non-hydrogen) atoms. The Morgan fingerprint density at radius 1 is 0.950 bits per heavy atom. The molecule has 0 bridgehead atoms. The summed E-state index contributed by atoms with van der Waals surface area (Å²) in [6.07, 6.45) is -0.0684. The number of sulfone groups is 1. The maximum atomic E-state index is 12.8. The Kier molecular flexibility index (Phi) is 3.06. The predicted molar refractivity (Wildman–Crippen MR) is 76.1 cm³/mol. The van der Waals surface area contributed by atoms with E-state index in [1.807, 2.05) is 6.07 Å². The molecule has 2 aromatic rings. The highest BCUT2D eigenvalue weighted by Crippen LogP contribution is 2.37. The molecule has 0 aromatic heterocycles. The number of carbonyl (C=O) groups is 1. The lowest BCUT2D eigenvalue weighted by Crippen LogP contribution is -2.16. The molecule has 0 fully saturated rings. The van der Waals surface area contributed by atoms with E-state index in [0.29, 0.717) is 11.3 Å². The Bertz CT molecular complexity index is 754. The van der Waals surface area contributed by atoms with E-state index < -0.39 is 15.1 Å². The number of hydrogen-bond donors (Lipinski definition) is 1. The van der Waals surface area contributed by atoms with Crippen LogP contribution in [0.15, 0.2) is 59.5 Å². The highest BCUT2D eigenvalue weighted by atomic mass is 32.2. The third-order valence-electron chi connectivity index (χ3n) is 3.38. The van der Waals surface area contributed by atoms with Crippen molar-refractivity contribution in [3.8, 4) is 0 Å². The molecule has 0 saturated carbocycles. The number of rotatable bonds is 1. The van der Waals surface area contributed by atoms with Crippen molar-refractivity contribution in [2.24, 2.45) is 0 Å². The highest BCUT2D eigenvalue weighted by Gasteiger charge is 2.35. The van der Waals surface area contributed by atoms with Gasteiger partial charge in [0, 0.05) is 6.42 Å². The minimum Gasteiger partial charge on any atom is -0.325 e.